The zero-order chi connectivity index (χ0) is 21.5. The molecule has 1 aromatic carbocycles. The molecule has 0 atom stereocenters. The molecule has 2 rings (SSSR count). The maximum Gasteiger partial charge on any atom is 0.422 e. The van der Waals surface area contributed by atoms with Gasteiger partial charge in [-0.05, 0) is 23.3 Å². The zero-order valence-electron chi connectivity index (χ0n) is 15.6. The third kappa shape index (κ3) is 9.05. The third-order valence-electron chi connectivity index (χ3n) is 3.58. The molecule has 2 N–H and O–H groups in total. The molecule has 30 heavy (non-hydrogen) atoms. The van der Waals surface area contributed by atoms with E-state index in [-0.39, 0.29) is 42.9 Å². The predicted octanol–water partition coefficient (Wildman–Crippen LogP) is 4.52. The monoisotopic (exact) mass is 548 g/mol. The molecule has 1 aromatic heterocycles. The molecule has 0 unspecified atom stereocenters. The van der Waals surface area contributed by atoms with E-state index in [1.165, 1.54) is 31.4 Å². The normalized spacial score (nSPS) is 12.2. The van der Waals surface area contributed by atoms with Gasteiger partial charge < -0.3 is 15.4 Å². The fraction of sp³-hybridized carbons (Fsp3) is 0.333. The molecule has 0 aliphatic rings. The number of nitrogens with one attached hydrogen (secondary N) is 2. The van der Waals surface area contributed by atoms with Gasteiger partial charge in [0.05, 0.1) is 5.56 Å². The van der Waals surface area contributed by atoms with Crippen molar-refractivity contribution >= 4 is 29.9 Å². The number of benzene rings is 1. The minimum absolute atomic E-state index is 0. The van der Waals surface area contributed by atoms with Crippen LogP contribution in [-0.4, -0.2) is 30.8 Å². The Kier molecular flexibility index (Phi) is 9.65. The Morgan fingerprint density at radius 3 is 2.20 bits per heavy atom. The summed E-state index contributed by atoms with van der Waals surface area (Å²) in [7, 11) is 1.49. The summed E-state index contributed by atoms with van der Waals surface area (Å²) in [5.41, 5.74) is 0.334. The van der Waals surface area contributed by atoms with Crippen molar-refractivity contribution in [1.29, 1.82) is 0 Å². The quantitative estimate of drug-likeness (QED) is 0.241. The summed E-state index contributed by atoms with van der Waals surface area (Å²) >= 11 is 0. The number of aromatic nitrogens is 1. The minimum Gasteiger partial charge on any atom is -0.468 e. The van der Waals surface area contributed by atoms with E-state index in [2.05, 4.69) is 25.3 Å². The number of hydrogen-bond donors (Lipinski definition) is 2. The molecule has 0 saturated heterocycles. The number of halogens is 7. The van der Waals surface area contributed by atoms with E-state index in [0.717, 1.165) is 12.1 Å². The number of hydrogen-bond acceptors (Lipinski definition) is 3. The van der Waals surface area contributed by atoms with Crippen LogP contribution in [0.5, 0.6) is 5.88 Å². The molecule has 0 fully saturated rings. The topological polar surface area (TPSA) is 58.5 Å². The summed E-state index contributed by atoms with van der Waals surface area (Å²) in [4.78, 5) is 7.75. The van der Waals surface area contributed by atoms with Crippen LogP contribution in [0.3, 0.4) is 0 Å². The first-order valence-corrected chi connectivity index (χ1v) is 8.32. The fourth-order valence-corrected chi connectivity index (χ4v) is 2.21. The van der Waals surface area contributed by atoms with Gasteiger partial charge in [-0.25, -0.2) is 4.98 Å². The summed E-state index contributed by atoms with van der Waals surface area (Å²) in [6, 6.07) is 7.76. The van der Waals surface area contributed by atoms with E-state index < -0.39 is 24.5 Å². The van der Waals surface area contributed by atoms with Gasteiger partial charge in [-0.1, -0.05) is 18.2 Å². The van der Waals surface area contributed by atoms with E-state index in [9.17, 15) is 26.3 Å². The molecule has 0 bridgehead atoms. The lowest BCUT2D eigenvalue weighted by molar-refractivity contribution is -0.154. The number of nitrogens with zero attached hydrogens (tertiary/aromatic N) is 2. The van der Waals surface area contributed by atoms with Crippen molar-refractivity contribution in [3.63, 3.8) is 0 Å². The van der Waals surface area contributed by atoms with Crippen molar-refractivity contribution in [3.8, 4) is 5.88 Å². The molecule has 5 nitrogen and oxygen atoms in total. The Hall–Kier alpha value is -2.25. The molecule has 2 aromatic rings. The first-order valence-electron chi connectivity index (χ1n) is 8.32. The Morgan fingerprint density at radius 1 is 1.00 bits per heavy atom. The number of rotatable bonds is 6. The number of ether oxygens (including phenoxy) is 1. The van der Waals surface area contributed by atoms with E-state index in [1.807, 2.05) is 0 Å². The minimum atomic E-state index is -4.44. The van der Waals surface area contributed by atoms with Crippen LogP contribution in [-0.2, 0) is 19.3 Å². The van der Waals surface area contributed by atoms with Crippen molar-refractivity contribution in [2.24, 2.45) is 4.99 Å². The van der Waals surface area contributed by atoms with Crippen molar-refractivity contribution in [1.82, 2.24) is 15.6 Å². The van der Waals surface area contributed by atoms with Gasteiger partial charge in [0.1, 0.15) is 0 Å². The molecule has 1 heterocycles. The van der Waals surface area contributed by atoms with Crippen molar-refractivity contribution in [2.45, 2.75) is 25.4 Å². The summed E-state index contributed by atoms with van der Waals surface area (Å²) in [5, 5.41) is 5.82. The largest absolute Gasteiger partial charge is 0.468 e. The number of aliphatic imine (C=N–C) groups is 1. The maximum absolute atomic E-state index is 12.7. The van der Waals surface area contributed by atoms with Crippen LogP contribution >= 0.6 is 24.0 Å². The van der Waals surface area contributed by atoms with Gasteiger partial charge in [-0.3, -0.25) is 4.99 Å². The SMILES string of the molecule is CN=C(NCc1ccc(OCC(F)(F)F)nc1)NCc1cccc(C(F)(F)F)c1.I. The summed E-state index contributed by atoms with van der Waals surface area (Å²) in [6.45, 7) is -1.06. The molecule has 0 spiro atoms. The Labute approximate surface area is 186 Å². The molecular weight excluding hydrogens is 529 g/mol. The van der Waals surface area contributed by atoms with Gasteiger partial charge in [0.2, 0.25) is 5.88 Å². The molecule has 0 saturated carbocycles. The fourth-order valence-electron chi connectivity index (χ4n) is 2.21. The number of alkyl halides is 6. The average Bonchev–Trinajstić information content (AvgIpc) is 2.66. The van der Waals surface area contributed by atoms with Crippen LogP contribution in [0.4, 0.5) is 26.3 Å². The lowest BCUT2D eigenvalue weighted by Gasteiger charge is -2.13. The maximum atomic E-state index is 12.7. The Bertz CT molecular complexity index is 825. The summed E-state index contributed by atoms with van der Waals surface area (Å²) in [5.74, 6) is 0.179. The highest BCUT2D eigenvalue weighted by atomic mass is 127. The van der Waals surface area contributed by atoms with Crippen LogP contribution in [0.1, 0.15) is 16.7 Å². The molecule has 12 heteroatoms. The van der Waals surface area contributed by atoms with Gasteiger partial charge >= 0.3 is 12.4 Å². The molecule has 0 amide bonds. The zero-order valence-corrected chi connectivity index (χ0v) is 18.0. The van der Waals surface area contributed by atoms with Crippen LogP contribution in [0.15, 0.2) is 47.6 Å². The average molecular weight is 548 g/mol. The third-order valence-corrected chi connectivity index (χ3v) is 3.58. The second-order valence-corrected chi connectivity index (χ2v) is 5.89. The number of pyridine rings is 1. The highest BCUT2D eigenvalue weighted by molar-refractivity contribution is 14.0. The van der Waals surface area contributed by atoms with Crippen LogP contribution in [0.25, 0.3) is 0 Å². The highest BCUT2D eigenvalue weighted by Gasteiger charge is 2.30. The van der Waals surface area contributed by atoms with Gasteiger partial charge in [-0.15, -0.1) is 24.0 Å². The first-order chi connectivity index (χ1) is 13.6. The molecule has 0 radical (unpaired) electrons. The van der Waals surface area contributed by atoms with Crippen molar-refractivity contribution in [3.05, 3.63) is 59.3 Å². The first kappa shape index (κ1) is 25.8. The van der Waals surface area contributed by atoms with Gasteiger partial charge in [0.15, 0.2) is 12.6 Å². The van der Waals surface area contributed by atoms with Crippen LogP contribution < -0.4 is 15.4 Å². The molecule has 0 aliphatic heterocycles. The van der Waals surface area contributed by atoms with Crippen LogP contribution in [0.2, 0.25) is 0 Å². The Morgan fingerprint density at radius 2 is 1.67 bits per heavy atom. The van der Waals surface area contributed by atoms with Gasteiger partial charge in [0, 0.05) is 32.4 Å². The lowest BCUT2D eigenvalue weighted by atomic mass is 10.1. The standard InChI is InChI=1S/C18H18F6N4O.HI/c1-25-16(27-8-12-3-2-4-14(7-12)18(22,23)24)28-10-13-5-6-15(26-9-13)29-11-17(19,20)21;/h2-7,9H,8,10-11H2,1H3,(H2,25,27,28);1H. The molecule has 166 valence electrons. The molecular formula is C18H19F6IN4O. The van der Waals surface area contributed by atoms with E-state index in [0.29, 0.717) is 17.1 Å². The lowest BCUT2D eigenvalue weighted by Crippen LogP contribution is -2.36. The number of guanidine groups is 1. The van der Waals surface area contributed by atoms with Crippen molar-refractivity contribution < 1.29 is 31.1 Å². The Balaban J connectivity index is 0.00000450. The molecule has 0 aliphatic carbocycles. The van der Waals surface area contributed by atoms with Gasteiger partial charge in [-0.2, -0.15) is 26.3 Å². The summed E-state index contributed by atoms with van der Waals surface area (Å²) in [6.07, 6.45) is -7.52. The second kappa shape index (κ2) is 11.2. The van der Waals surface area contributed by atoms with E-state index in [1.54, 1.807) is 6.07 Å². The van der Waals surface area contributed by atoms with E-state index in [4.69, 9.17) is 0 Å². The van der Waals surface area contributed by atoms with Gasteiger partial charge in [0.25, 0.3) is 0 Å². The van der Waals surface area contributed by atoms with Crippen molar-refractivity contribution in [2.75, 3.05) is 13.7 Å². The predicted molar refractivity (Wildman–Crippen MR) is 110 cm³/mol. The smallest absolute Gasteiger partial charge is 0.422 e. The van der Waals surface area contributed by atoms with Crippen LogP contribution in [0, 0.1) is 0 Å². The second-order valence-electron chi connectivity index (χ2n) is 5.89. The van der Waals surface area contributed by atoms with E-state index >= 15 is 0 Å². The highest BCUT2D eigenvalue weighted by Crippen LogP contribution is 2.29. The summed E-state index contributed by atoms with van der Waals surface area (Å²) < 4.78 is 79.1.